The fraction of sp³-hybridized carbons (Fsp3) is 0.667. The van der Waals surface area contributed by atoms with Crippen LogP contribution in [0.2, 0.25) is 0 Å². The summed E-state index contributed by atoms with van der Waals surface area (Å²) in [4.78, 5) is 4.59. The predicted octanol–water partition coefficient (Wildman–Crippen LogP) is 3.06. The number of aryl methyl sites for hydroxylation is 1. The molecule has 0 aliphatic carbocycles. The number of hydrogen-bond donors (Lipinski definition) is 1. The SMILES string of the molecule is CCc1ccc(CC(NC)C2(C)CCCS2)nc1. The van der Waals surface area contributed by atoms with Gasteiger partial charge in [-0.25, -0.2) is 0 Å². The van der Waals surface area contributed by atoms with Crippen LogP contribution in [0, 0.1) is 0 Å². The van der Waals surface area contributed by atoms with Gasteiger partial charge in [0.2, 0.25) is 0 Å². The van der Waals surface area contributed by atoms with Crippen LogP contribution in [-0.2, 0) is 12.8 Å². The number of pyridine rings is 1. The van der Waals surface area contributed by atoms with Crippen LogP contribution in [0.3, 0.4) is 0 Å². The first-order valence-electron chi connectivity index (χ1n) is 6.93. The van der Waals surface area contributed by atoms with Crippen LogP contribution in [0.5, 0.6) is 0 Å². The van der Waals surface area contributed by atoms with E-state index in [0.717, 1.165) is 12.8 Å². The third-order valence-corrected chi connectivity index (χ3v) is 5.68. The van der Waals surface area contributed by atoms with Gasteiger partial charge in [0.25, 0.3) is 0 Å². The molecule has 2 atom stereocenters. The smallest absolute Gasteiger partial charge is 0.0419 e. The zero-order valence-corrected chi connectivity index (χ0v) is 12.5. The van der Waals surface area contributed by atoms with Gasteiger partial charge in [-0.1, -0.05) is 13.0 Å². The molecule has 0 aromatic carbocycles. The van der Waals surface area contributed by atoms with E-state index in [9.17, 15) is 0 Å². The minimum Gasteiger partial charge on any atom is -0.315 e. The highest BCUT2D eigenvalue weighted by atomic mass is 32.2. The van der Waals surface area contributed by atoms with Crippen molar-refractivity contribution in [2.75, 3.05) is 12.8 Å². The Labute approximate surface area is 115 Å². The van der Waals surface area contributed by atoms with E-state index in [-0.39, 0.29) is 0 Å². The van der Waals surface area contributed by atoms with E-state index >= 15 is 0 Å². The van der Waals surface area contributed by atoms with Crippen molar-refractivity contribution in [3.63, 3.8) is 0 Å². The second kappa shape index (κ2) is 6.07. The molecule has 1 aromatic heterocycles. The molecule has 1 aromatic rings. The predicted molar refractivity (Wildman–Crippen MR) is 80.3 cm³/mol. The molecule has 2 unspecified atom stereocenters. The Hall–Kier alpha value is -0.540. The van der Waals surface area contributed by atoms with Crippen LogP contribution < -0.4 is 5.32 Å². The lowest BCUT2D eigenvalue weighted by Crippen LogP contribution is -2.45. The molecule has 1 fully saturated rings. The number of likely N-dealkylation sites (N-methyl/N-ethyl adjacent to an activating group) is 1. The minimum absolute atomic E-state index is 0.375. The first-order chi connectivity index (χ1) is 8.68. The number of hydrogen-bond acceptors (Lipinski definition) is 3. The van der Waals surface area contributed by atoms with E-state index in [0.29, 0.717) is 10.8 Å². The van der Waals surface area contributed by atoms with Crippen molar-refractivity contribution in [3.05, 3.63) is 29.6 Å². The maximum Gasteiger partial charge on any atom is 0.0419 e. The highest BCUT2D eigenvalue weighted by Gasteiger charge is 2.37. The molecular weight excluding hydrogens is 240 g/mol. The lowest BCUT2D eigenvalue weighted by molar-refractivity contribution is 0.421. The molecule has 0 saturated carbocycles. The van der Waals surface area contributed by atoms with Gasteiger partial charge in [-0.3, -0.25) is 4.98 Å². The maximum absolute atomic E-state index is 4.59. The molecule has 2 rings (SSSR count). The average molecular weight is 264 g/mol. The number of thioether (sulfide) groups is 1. The molecule has 0 radical (unpaired) electrons. The minimum atomic E-state index is 0.375. The van der Waals surface area contributed by atoms with E-state index < -0.39 is 0 Å². The summed E-state index contributed by atoms with van der Waals surface area (Å²) in [7, 11) is 2.08. The Morgan fingerprint density at radius 3 is 2.83 bits per heavy atom. The lowest BCUT2D eigenvalue weighted by atomic mass is 9.92. The number of nitrogens with zero attached hydrogens (tertiary/aromatic N) is 1. The molecule has 2 heterocycles. The van der Waals surface area contributed by atoms with Crippen LogP contribution in [0.4, 0.5) is 0 Å². The normalized spacial score (nSPS) is 25.3. The quantitative estimate of drug-likeness (QED) is 0.885. The fourth-order valence-electron chi connectivity index (χ4n) is 2.69. The topological polar surface area (TPSA) is 24.9 Å². The van der Waals surface area contributed by atoms with Gasteiger partial charge in [-0.15, -0.1) is 0 Å². The molecule has 1 saturated heterocycles. The summed E-state index contributed by atoms with van der Waals surface area (Å²) in [5, 5.41) is 3.50. The fourth-order valence-corrected chi connectivity index (χ4v) is 4.14. The number of nitrogens with one attached hydrogen (secondary N) is 1. The van der Waals surface area contributed by atoms with Gasteiger partial charge in [-0.05, 0) is 50.6 Å². The average Bonchev–Trinajstić information content (AvgIpc) is 2.84. The van der Waals surface area contributed by atoms with Crippen LogP contribution in [-0.4, -0.2) is 28.6 Å². The van der Waals surface area contributed by atoms with Gasteiger partial charge in [0.1, 0.15) is 0 Å². The number of rotatable bonds is 5. The summed E-state index contributed by atoms with van der Waals surface area (Å²) in [5.41, 5.74) is 2.53. The van der Waals surface area contributed by atoms with E-state index in [1.807, 2.05) is 6.20 Å². The summed E-state index contributed by atoms with van der Waals surface area (Å²) in [5.74, 6) is 1.30. The molecule has 2 nitrogen and oxygen atoms in total. The highest BCUT2D eigenvalue weighted by molar-refractivity contribution is 8.00. The van der Waals surface area contributed by atoms with E-state index in [2.05, 4.69) is 55.1 Å². The summed E-state index contributed by atoms with van der Waals surface area (Å²) in [6.07, 6.45) is 6.78. The second-order valence-electron chi connectivity index (χ2n) is 5.32. The van der Waals surface area contributed by atoms with Gasteiger partial charge >= 0.3 is 0 Å². The van der Waals surface area contributed by atoms with Gasteiger partial charge < -0.3 is 5.32 Å². The van der Waals surface area contributed by atoms with Crippen molar-refractivity contribution >= 4 is 11.8 Å². The zero-order chi connectivity index (χ0) is 13.0. The molecule has 3 heteroatoms. The summed E-state index contributed by atoms with van der Waals surface area (Å²) >= 11 is 2.11. The van der Waals surface area contributed by atoms with Crippen LogP contribution in [0.15, 0.2) is 18.3 Å². The molecule has 1 aliphatic heterocycles. The first-order valence-corrected chi connectivity index (χ1v) is 7.91. The number of aromatic nitrogens is 1. The second-order valence-corrected chi connectivity index (χ2v) is 6.95. The van der Waals surface area contributed by atoms with Crippen molar-refractivity contribution in [2.24, 2.45) is 0 Å². The first kappa shape index (κ1) is 13.9. The molecular formula is C15H24N2S. The van der Waals surface area contributed by atoms with Gasteiger partial charge in [-0.2, -0.15) is 11.8 Å². The van der Waals surface area contributed by atoms with E-state index in [1.165, 1.54) is 29.9 Å². The Kier molecular flexibility index (Phi) is 4.68. The van der Waals surface area contributed by atoms with Crippen LogP contribution >= 0.6 is 11.8 Å². The van der Waals surface area contributed by atoms with E-state index in [1.54, 1.807) is 0 Å². The molecule has 100 valence electrons. The van der Waals surface area contributed by atoms with Crippen molar-refractivity contribution in [1.29, 1.82) is 0 Å². The molecule has 0 amide bonds. The third-order valence-electron chi connectivity index (χ3n) is 4.04. The van der Waals surface area contributed by atoms with Gasteiger partial charge in [0.05, 0.1) is 0 Å². The van der Waals surface area contributed by atoms with Gasteiger partial charge in [0, 0.05) is 29.1 Å². The van der Waals surface area contributed by atoms with Crippen molar-refractivity contribution in [1.82, 2.24) is 10.3 Å². The van der Waals surface area contributed by atoms with Crippen molar-refractivity contribution < 1.29 is 0 Å². The molecule has 1 aliphatic rings. The molecule has 0 spiro atoms. The Morgan fingerprint density at radius 1 is 1.50 bits per heavy atom. The third kappa shape index (κ3) is 3.07. The van der Waals surface area contributed by atoms with E-state index in [4.69, 9.17) is 0 Å². The Morgan fingerprint density at radius 2 is 2.33 bits per heavy atom. The van der Waals surface area contributed by atoms with Crippen LogP contribution in [0.25, 0.3) is 0 Å². The Bertz CT molecular complexity index is 369. The maximum atomic E-state index is 4.59. The highest BCUT2D eigenvalue weighted by Crippen LogP contribution is 2.41. The molecule has 18 heavy (non-hydrogen) atoms. The molecule has 0 bridgehead atoms. The Balaban J connectivity index is 2.05. The standard InChI is InChI=1S/C15H24N2S/c1-4-12-6-7-13(17-11-12)10-14(16-3)15(2)8-5-9-18-15/h6-7,11,14,16H,4-5,8-10H2,1-3H3. The molecule has 1 N–H and O–H groups in total. The largest absolute Gasteiger partial charge is 0.315 e. The zero-order valence-electron chi connectivity index (χ0n) is 11.7. The lowest BCUT2D eigenvalue weighted by Gasteiger charge is -2.33. The van der Waals surface area contributed by atoms with Crippen LogP contribution in [0.1, 0.15) is 37.9 Å². The van der Waals surface area contributed by atoms with Crippen molar-refractivity contribution in [2.45, 2.75) is 50.3 Å². The monoisotopic (exact) mass is 264 g/mol. The van der Waals surface area contributed by atoms with Crippen molar-refractivity contribution in [3.8, 4) is 0 Å². The summed E-state index contributed by atoms with van der Waals surface area (Å²) < 4.78 is 0.375. The van der Waals surface area contributed by atoms with Gasteiger partial charge in [0.15, 0.2) is 0 Å². The summed E-state index contributed by atoms with van der Waals surface area (Å²) in [6, 6.07) is 4.91. The summed E-state index contributed by atoms with van der Waals surface area (Å²) in [6.45, 7) is 4.57.